The standard InChI is InChI=1S/C19H27NO5/c1-2-3-4-5-15(21)8-6-14-7-11-18(22)20(14)13-12-16-9-10-17(25-16)19(23)24/h6,8-10,14-15,21H,2-5,7,11-13H2,1H3,(H,23,24)/b8-6+/t14-,15+/m0/s1. The quantitative estimate of drug-likeness (QED) is 0.500. The summed E-state index contributed by atoms with van der Waals surface area (Å²) in [7, 11) is 0. The molecule has 1 aliphatic heterocycles. The van der Waals surface area contributed by atoms with E-state index in [9.17, 15) is 14.7 Å². The molecule has 6 heteroatoms. The van der Waals surface area contributed by atoms with Crippen LogP contribution in [-0.4, -0.2) is 45.7 Å². The predicted octanol–water partition coefficient (Wildman–Crippen LogP) is 3.01. The maximum Gasteiger partial charge on any atom is 0.371 e. The van der Waals surface area contributed by atoms with Crippen LogP contribution in [0, 0.1) is 0 Å². The van der Waals surface area contributed by atoms with Gasteiger partial charge in [0.05, 0.1) is 12.1 Å². The molecule has 1 fully saturated rings. The molecule has 0 saturated carbocycles. The Bertz CT molecular complexity index is 607. The first kappa shape index (κ1) is 19.2. The van der Waals surface area contributed by atoms with Crippen LogP contribution in [0.5, 0.6) is 0 Å². The Morgan fingerprint density at radius 2 is 2.24 bits per heavy atom. The molecule has 0 aromatic carbocycles. The Hall–Kier alpha value is -2.08. The summed E-state index contributed by atoms with van der Waals surface area (Å²) in [6, 6.07) is 3.04. The first-order valence-corrected chi connectivity index (χ1v) is 8.99. The van der Waals surface area contributed by atoms with Crippen LogP contribution < -0.4 is 0 Å². The fourth-order valence-corrected chi connectivity index (χ4v) is 3.06. The zero-order chi connectivity index (χ0) is 18.2. The predicted molar refractivity (Wildman–Crippen MR) is 93.4 cm³/mol. The lowest BCUT2D eigenvalue weighted by atomic mass is 10.1. The second-order valence-corrected chi connectivity index (χ2v) is 6.46. The van der Waals surface area contributed by atoms with Crippen molar-refractivity contribution >= 4 is 11.9 Å². The number of rotatable bonds is 10. The van der Waals surface area contributed by atoms with E-state index in [-0.39, 0.29) is 17.7 Å². The summed E-state index contributed by atoms with van der Waals surface area (Å²) >= 11 is 0. The molecule has 138 valence electrons. The van der Waals surface area contributed by atoms with Gasteiger partial charge in [-0.1, -0.05) is 38.3 Å². The smallest absolute Gasteiger partial charge is 0.371 e. The number of nitrogens with zero attached hydrogens (tertiary/aromatic N) is 1. The number of furan rings is 1. The van der Waals surface area contributed by atoms with Gasteiger partial charge in [0.1, 0.15) is 5.76 Å². The number of carbonyl (C=O) groups excluding carboxylic acids is 1. The van der Waals surface area contributed by atoms with Gasteiger partial charge in [0.25, 0.3) is 0 Å². The number of aliphatic hydroxyl groups is 1. The Labute approximate surface area is 148 Å². The summed E-state index contributed by atoms with van der Waals surface area (Å²) in [6.45, 7) is 2.61. The van der Waals surface area contributed by atoms with E-state index in [0.717, 1.165) is 32.1 Å². The number of unbranched alkanes of at least 4 members (excludes halogenated alkanes) is 2. The van der Waals surface area contributed by atoms with Crippen molar-refractivity contribution in [1.29, 1.82) is 0 Å². The van der Waals surface area contributed by atoms with Crippen molar-refractivity contribution < 1.29 is 24.2 Å². The van der Waals surface area contributed by atoms with Crippen molar-refractivity contribution in [2.45, 2.75) is 64.0 Å². The van der Waals surface area contributed by atoms with Gasteiger partial charge in [0.15, 0.2) is 0 Å². The minimum atomic E-state index is -1.10. The van der Waals surface area contributed by atoms with Gasteiger partial charge in [0, 0.05) is 19.4 Å². The van der Waals surface area contributed by atoms with E-state index in [1.807, 2.05) is 6.08 Å². The van der Waals surface area contributed by atoms with Crippen LogP contribution in [0.3, 0.4) is 0 Å². The summed E-state index contributed by atoms with van der Waals surface area (Å²) in [5.41, 5.74) is 0. The molecule has 1 saturated heterocycles. The summed E-state index contributed by atoms with van der Waals surface area (Å²) in [5.74, 6) is -0.546. The monoisotopic (exact) mass is 349 g/mol. The third-order valence-corrected chi connectivity index (χ3v) is 4.51. The van der Waals surface area contributed by atoms with Crippen molar-refractivity contribution in [2.75, 3.05) is 6.54 Å². The lowest BCUT2D eigenvalue weighted by Gasteiger charge is -2.22. The number of aromatic carboxylic acids is 1. The zero-order valence-electron chi connectivity index (χ0n) is 14.7. The third-order valence-electron chi connectivity index (χ3n) is 4.51. The van der Waals surface area contributed by atoms with Crippen molar-refractivity contribution in [3.8, 4) is 0 Å². The van der Waals surface area contributed by atoms with Crippen LogP contribution in [-0.2, 0) is 11.2 Å². The van der Waals surface area contributed by atoms with Gasteiger partial charge in [-0.2, -0.15) is 0 Å². The molecule has 0 radical (unpaired) electrons. The highest BCUT2D eigenvalue weighted by atomic mass is 16.4. The molecule has 1 aromatic rings. The van der Waals surface area contributed by atoms with Crippen LogP contribution in [0.1, 0.15) is 61.8 Å². The largest absolute Gasteiger partial charge is 0.475 e. The van der Waals surface area contributed by atoms with E-state index in [1.165, 1.54) is 6.07 Å². The molecule has 0 bridgehead atoms. The van der Waals surface area contributed by atoms with Crippen LogP contribution in [0.4, 0.5) is 0 Å². The maximum absolute atomic E-state index is 12.1. The van der Waals surface area contributed by atoms with Gasteiger partial charge >= 0.3 is 5.97 Å². The Kier molecular flexibility index (Phi) is 7.25. The summed E-state index contributed by atoms with van der Waals surface area (Å²) in [6.07, 6.45) is 8.95. The molecular weight excluding hydrogens is 322 g/mol. The molecule has 2 heterocycles. The average Bonchev–Trinajstić information content (AvgIpc) is 3.18. The minimum Gasteiger partial charge on any atom is -0.475 e. The van der Waals surface area contributed by atoms with Gasteiger partial charge in [-0.15, -0.1) is 0 Å². The molecule has 6 nitrogen and oxygen atoms in total. The number of carboxylic acids is 1. The van der Waals surface area contributed by atoms with Crippen molar-refractivity contribution in [2.24, 2.45) is 0 Å². The minimum absolute atomic E-state index is 0.0118. The fraction of sp³-hybridized carbons (Fsp3) is 0.579. The number of carboxylic acid groups (broad SMARTS) is 1. The van der Waals surface area contributed by atoms with E-state index >= 15 is 0 Å². The van der Waals surface area contributed by atoms with E-state index < -0.39 is 12.1 Å². The number of amides is 1. The lowest BCUT2D eigenvalue weighted by Crippen LogP contribution is -2.33. The van der Waals surface area contributed by atoms with Crippen LogP contribution in [0.2, 0.25) is 0 Å². The zero-order valence-corrected chi connectivity index (χ0v) is 14.7. The second-order valence-electron chi connectivity index (χ2n) is 6.46. The highest BCUT2D eigenvalue weighted by molar-refractivity contribution is 5.84. The van der Waals surface area contributed by atoms with E-state index in [4.69, 9.17) is 9.52 Å². The van der Waals surface area contributed by atoms with Crippen molar-refractivity contribution in [3.63, 3.8) is 0 Å². The van der Waals surface area contributed by atoms with E-state index in [0.29, 0.717) is 25.1 Å². The summed E-state index contributed by atoms with van der Waals surface area (Å²) in [4.78, 5) is 24.7. The number of hydrogen-bond donors (Lipinski definition) is 2. The van der Waals surface area contributed by atoms with Crippen molar-refractivity contribution in [3.05, 3.63) is 35.8 Å². The Morgan fingerprint density at radius 1 is 1.44 bits per heavy atom. The molecule has 0 aliphatic carbocycles. The molecule has 0 unspecified atom stereocenters. The van der Waals surface area contributed by atoms with E-state index in [1.54, 1.807) is 17.0 Å². The molecule has 2 rings (SSSR count). The van der Waals surface area contributed by atoms with Crippen LogP contribution in [0.25, 0.3) is 0 Å². The molecule has 0 spiro atoms. The molecule has 2 N–H and O–H groups in total. The van der Waals surface area contributed by atoms with Gasteiger partial charge in [0.2, 0.25) is 11.7 Å². The maximum atomic E-state index is 12.1. The van der Waals surface area contributed by atoms with E-state index in [2.05, 4.69) is 6.92 Å². The number of aliphatic hydroxyl groups excluding tert-OH is 1. The normalized spacial score (nSPS) is 19.0. The summed E-state index contributed by atoms with van der Waals surface area (Å²) in [5, 5.41) is 18.9. The number of carbonyl (C=O) groups is 2. The molecule has 1 amide bonds. The molecule has 2 atom stereocenters. The molecule has 25 heavy (non-hydrogen) atoms. The Morgan fingerprint density at radius 3 is 2.92 bits per heavy atom. The molecule has 1 aliphatic rings. The van der Waals surface area contributed by atoms with Gasteiger partial charge in [-0.25, -0.2) is 4.79 Å². The number of hydrogen-bond acceptors (Lipinski definition) is 4. The SMILES string of the molecule is CCCCC[C@@H](O)/C=C/[C@H]1CCC(=O)N1CCc1ccc(C(=O)O)o1. The summed E-state index contributed by atoms with van der Waals surface area (Å²) < 4.78 is 5.23. The number of likely N-dealkylation sites (tertiary alicyclic amines) is 1. The Balaban J connectivity index is 1.86. The van der Waals surface area contributed by atoms with Crippen LogP contribution >= 0.6 is 0 Å². The highest BCUT2D eigenvalue weighted by Crippen LogP contribution is 2.21. The average molecular weight is 349 g/mol. The first-order chi connectivity index (χ1) is 12.0. The topological polar surface area (TPSA) is 91.0 Å². The van der Waals surface area contributed by atoms with Gasteiger partial charge < -0.3 is 19.5 Å². The van der Waals surface area contributed by atoms with Crippen molar-refractivity contribution in [1.82, 2.24) is 4.90 Å². The fourth-order valence-electron chi connectivity index (χ4n) is 3.06. The highest BCUT2D eigenvalue weighted by Gasteiger charge is 2.29. The third kappa shape index (κ3) is 5.74. The molecular formula is C19H27NO5. The lowest BCUT2D eigenvalue weighted by molar-refractivity contribution is -0.128. The van der Waals surface area contributed by atoms with Gasteiger partial charge in [-0.3, -0.25) is 4.79 Å². The first-order valence-electron chi connectivity index (χ1n) is 8.99. The van der Waals surface area contributed by atoms with Crippen LogP contribution in [0.15, 0.2) is 28.7 Å². The van der Waals surface area contributed by atoms with Gasteiger partial charge in [-0.05, 0) is 25.0 Å². The molecule has 1 aromatic heterocycles. The second kappa shape index (κ2) is 9.42.